The number of carbonyl (C=O) groups is 2. The quantitative estimate of drug-likeness (QED) is 0.648. The van der Waals surface area contributed by atoms with Gasteiger partial charge in [-0.3, -0.25) is 19.5 Å². The van der Waals surface area contributed by atoms with Gasteiger partial charge in [0, 0.05) is 48.7 Å². The SMILES string of the molecule is CNC(=O)C1(N2Cc3ccc(Cl)cc3C3(CCN(c4cncc5ccccc45)C3=O)C2)CC1. The molecule has 168 valence electrons. The number of nitrogens with zero attached hydrogens (tertiary/aromatic N) is 3. The van der Waals surface area contributed by atoms with Crippen LogP contribution in [-0.4, -0.2) is 47.4 Å². The molecular weight excluding hydrogens is 436 g/mol. The van der Waals surface area contributed by atoms with Gasteiger partial charge in [0.25, 0.3) is 0 Å². The Labute approximate surface area is 197 Å². The highest BCUT2D eigenvalue weighted by atomic mass is 35.5. The zero-order valence-electron chi connectivity index (χ0n) is 18.5. The van der Waals surface area contributed by atoms with Gasteiger partial charge in [-0.15, -0.1) is 0 Å². The van der Waals surface area contributed by atoms with Crippen LogP contribution >= 0.6 is 11.6 Å². The van der Waals surface area contributed by atoms with Crippen LogP contribution in [0.25, 0.3) is 10.8 Å². The molecule has 6 nitrogen and oxygen atoms in total. The lowest BCUT2D eigenvalue weighted by molar-refractivity contribution is -0.131. The number of amides is 2. The Bertz CT molecular complexity index is 1300. The number of pyridine rings is 1. The molecule has 2 aromatic carbocycles. The Hall–Kier alpha value is -2.96. The van der Waals surface area contributed by atoms with Gasteiger partial charge in [-0.2, -0.15) is 0 Å². The molecule has 1 N–H and O–H groups in total. The fraction of sp³-hybridized carbons (Fsp3) is 0.346. The van der Waals surface area contributed by atoms with E-state index in [1.807, 2.05) is 53.6 Å². The second-order valence-corrected chi connectivity index (χ2v) is 9.87. The predicted molar refractivity (Wildman–Crippen MR) is 128 cm³/mol. The smallest absolute Gasteiger partial charge is 0.240 e. The average molecular weight is 461 g/mol. The van der Waals surface area contributed by atoms with E-state index in [0.717, 1.165) is 40.4 Å². The standard InChI is InChI=1S/C26H25ClN4O2/c1-28-23(32)26(8-9-26)30-15-18-6-7-19(27)12-21(18)25(16-30)10-11-31(24(25)33)22-14-29-13-17-4-2-3-5-20(17)22/h2-7,12-14H,8-11,15-16H2,1H3,(H,28,32). The van der Waals surface area contributed by atoms with Crippen LogP contribution < -0.4 is 10.2 Å². The number of halogens is 1. The Balaban J connectivity index is 1.46. The first-order chi connectivity index (χ1) is 16.0. The van der Waals surface area contributed by atoms with Crippen molar-refractivity contribution in [3.63, 3.8) is 0 Å². The molecule has 3 aromatic rings. The first-order valence-corrected chi connectivity index (χ1v) is 11.8. The van der Waals surface area contributed by atoms with Gasteiger partial charge in [0.15, 0.2) is 0 Å². The van der Waals surface area contributed by atoms with E-state index in [0.29, 0.717) is 31.1 Å². The summed E-state index contributed by atoms with van der Waals surface area (Å²) in [4.78, 5) is 35.6. The van der Waals surface area contributed by atoms with Crippen molar-refractivity contribution in [2.24, 2.45) is 0 Å². The summed E-state index contributed by atoms with van der Waals surface area (Å²) in [7, 11) is 1.69. The zero-order chi connectivity index (χ0) is 22.8. The van der Waals surface area contributed by atoms with Crippen LogP contribution in [0, 0.1) is 0 Å². The molecule has 1 atom stereocenters. The van der Waals surface area contributed by atoms with Gasteiger partial charge in [-0.05, 0) is 42.5 Å². The van der Waals surface area contributed by atoms with Crippen LogP contribution in [0.4, 0.5) is 5.69 Å². The van der Waals surface area contributed by atoms with Crippen LogP contribution in [0.2, 0.25) is 5.02 Å². The third kappa shape index (κ3) is 2.94. The van der Waals surface area contributed by atoms with Gasteiger partial charge in [0.2, 0.25) is 11.8 Å². The number of nitrogens with one attached hydrogen (secondary N) is 1. The highest BCUT2D eigenvalue weighted by Crippen LogP contribution is 2.51. The number of hydrogen-bond donors (Lipinski definition) is 1. The summed E-state index contributed by atoms with van der Waals surface area (Å²) in [5.41, 5.74) is 1.65. The highest BCUT2D eigenvalue weighted by Gasteiger charge is 2.60. The maximum Gasteiger partial charge on any atom is 0.240 e. The third-order valence-electron chi connectivity index (χ3n) is 7.74. The molecule has 0 radical (unpaired) electrons. The molecule has 0 bridgehead atoms. The van der Waals surface area contributed by atoms with Crippen molar-refractivity contribution < 1.29 is 9.59 Å². The number of hydrogen-bond acceptors (Lipinski definition) is 4. The van der Waals surface area contributed by atoms with Crippen molar-refractivity contribution in [3.8, 4) is 0 Å². The van der Waals surface area contributed by atoms with Crippen LogP contribution in [-0.2, 0) is 21.5 Å². The van der Waals surface area contributed by atoms with E-state index in [1.54, 1.807) is 13.2 Å². The van der Waals surface area contributed by atoms with Crippen LogP contribution in [0.1, 0.15) is 30.4 Å². The van der Waals surface area contributed by atoms with E-state index in [1.165, 1.54) is 0 Å². The number of rotatable bonds is 3. The summed E-state index contributed by atoms with van der Waals surface area (Å²) in [5, 5.41) is 5.49. The summed E-state index contributed by atoms with van der Waals surface area (Å²) < 4.78 is 0. The minimum atomic E-state index is -0.737. The van der Waals surface area contributed by atoms with Crippen molar-refractivity contribution >= 4 is 39.9 Å². The van der Waals surface area contributed by atoms with Crippen molar-refractivity contribution in [2.75, 3.05) is 25.0 Å². The van der Waals surface area contributed by atoms with E-state index in [4.69, 9.17) is 11.6 Å². The topological polar surface area (TPSA) is 65.5 Å². The first kappa shape index (κ1) is 20.6. The van der Waals surface area contributed by atoms with Gasteiger partial charge in [0.05, 0.1) is 17.3 Å². The summed E-state index contributed by atoms with van der Waals surface area (Å²) in [5.74, 6) is 0.0946. The van der Waals surface area contributed by atoms with Crippen molar-refractivity contribution in [3.05, 3.63) is 71.0 Å². The minimum Gasteiger partial charge on any atom is -0.358 e. The Kier molecular flexibility index (Phi) is 4.55. The lowest BCUT2D eigenvalue weighted by Crippen LogP contribution is -2.57. The van der Waals surface area contributed by atoms with Gasteiger partial charge < -0.3 is 10.2 Å². The molecule has 3 aliphatic rings. The summed E-state index contributed by atoms with van der Waals surface area (Å²) in [6, 6.07) is 13.9. The van der Waals surface area contributed by atoms with Gasteiger partial charge in [-0.25, -0.2) is 0 Å². The highest BCUT2D eigenvalue weighted by molar-refractivity contribution is 6.30. The van der Waals surface area contributed by atoms with Crippen LogP contribution in [0.15, 0.2) is 54.9 Å². The average Bonchev–Trinajstić information content (AvgIpc) is 3.60. The fourth-order valence-electron chi connectivity index (χ4n) is 5.86. The molecule has 1 unspecified atom stereocenters. The molecule has 2 amide bonds. The van der Waals surface area contributed by atoms with Crippen LogP contribution in [0.3, 0.4) is 0 Å². The largest absolute Gasteiger partial charge is 0.358 e. The maximum absolute atomic E-state index is 14.3. The molecule has 3 heterocycles. The summed E-state index contributed by atoms with van der Waals surface area (Å²) in [6.07, 6.45) is 5.91. The van der Waals surface area contributed by atoms with Gasteiger partial charge in [-0.1, -0.05) is 41.9 Å². The predicted octanol–water partition coefficient (Wildman–Crippen LogP) is 3.66. The molecule has 7 heteroatoms. The summed E-state index contributed by atoms with van der Waals surface area (Å²) >= 11 is 6.42. The van der Waals surface area contributed by atoms with E-state index in [9.17, 15) is 9.59 Å². The molecule has 1 aromatic heterocycles. The molecule has 2 fully saturated rings. The number of carbonyl (C=O) groups excluding carboxylic acids is 2. The lowest BCUT2D eigenvalue weighted by Gasteiger charge is -2.44. The second-order valence-electron chi connectivity index (χ2n) is 9.44. The lowest BCUT2D eigenvalue weighted by atomic mass is 9.73. The molecule has 33 heavy (non-hydrogen) atoms. The van der Waals surface area contributed by atoms with Gasteiger partial charge >= 0.3 is 0 Å². The number of likely N-dealkylation sites (N-methyl/N-ethyl adjacent to an activating group) is 1. The molecule has 1 saturated heterocycles. The fourth-order valence-corrected chi connectivity index (χ4v) is 6.03. The van der Waals surface area contributed by atoms with E-state index in [2.05, 4.69) is 15.2 Å². The van der Waals surface area contributed by atoms with Gasteiger partial charge in [0.1, 0.15) is 5.54 Å². The first-order valence-electron chi connectivity index (χ1n) is 11.4. The number of aromatic nitrogens is 1. The normalized spacial score (nSPS) is 23.7. The number of benzene rings is 2. The Morgan fingerprint density at radius 1 is 1.12 bits per heavy atom. The molecule has 2 aliphatic heterocycles. The summed E-state index contributed by atoms with van der Waals surface area (Å²) in [6.45, 7) is 1.76. The Morgan fingerprint density at radius 3 is 2.73 bits per heavy atom. The molecule has 1 spiro atoms. The molecular formula is C26H25ClN4O2. The molecule has 6 rings (SSSR count). The number of anilines is 1. The van der Waals surface area contributed by atoms with Crippen molar-refractivity contribution in [1.29, 1.82) is 0 Å². The monoisotopic (exact) mass is 460 g/mol. The van der Waals surface area contributed by atoms with Crippen LogP contribution in [0.5, 0.6) is 0 Å². The Morgan fingerprint density at radius 2 is 1.94 bits per heavy atom. The van der Waals surface area contributed by atoms with E-state index < -0.39 is 11.0 Å². The van der Waals surface area contributed by atoms with E-state index in [-0.39, 0.29) is 11.8 Å². The second kappa shape index (κ2) is 7.27. The zero-order valence-corrected chi connectivity index (χ0v) is 19.2. The number of fused-ring (bicyclic) bond motifs is 3. The van der Waals surface area contributed by atoms with Crippen molar-refractivity contribution in [2.45, 2.75) is 36.8 Å². The minimum absolute atomic E-state index is 0.0376. The molecule has 1 saturated carbocycles. The van der Waals surface area contributed by atoms with Crippen molar-refractivity contribution in [1.82, 2.24) is 15.2 Å². The molecule has 1 aliphatic carbocycles. The maximum atomic E-state index is 14.3. The van der Waals surface area contributed by atoms with E-state index >= 15 is 0 Å². The third-order valence-corrected chi connectivity index (χ3v) is 7.98.